The summed E-state index contributed by atoms with van der Waals surface area (Å²) in [6, 6.07) is 0. The molecule has 0 fully saturated rings. The second-order valence-corrected chi connectivity index (χ2v) is 3.60. The molecule has 0 unspecified atom stereocenters. The highest BCUT2D eigenvalue weighted by Crippen LogP contribution is 2.06. The van der Waals surface area contributed by atoms with Crippen molar-refractivity contribution in [2.45, 2.75) is 32.8 Å². The Labute approximate surface area is 77.6 Å². The summed E-state index contributed by atoms with van der Waals surface area (Å²) in [5, 5.41) is 2.37. The van der Waals surface area contributed by atoms with E-state index >= 15 is 0 Å². The van der Waals surface area contributed by atoms with Gasteiger partial charge in [0.2, 0.25) is 5.91 Å². The Morgan fingerprint density at radius 3 is 2.31 bits per heavy atom. The van der Waals surface area contributed by atoms with Gasteiger partial charge in [0.15, 0.2) is 0 Å². The fraction of sp³-hybridized carbons (Fsp3) is 0.750. The van der Waals surface area contributed by atoms with Gasteiger partial charge in [-0.3, -0.25) is 10.5 Å². The molecule has 5 heteroatoms. The van der Waals surface area contributed by atoms with E-state index in [1.54, 1.807) is 20.8 Å². The number of hydrogen-bond acceptors (Lipinski definition) is 3. The lowest BCUT2D eigenvalue weighted by Crippen LogP contribution is -2.33. The minimum Gasteiger partial charge on any atom is -0.444 e. The van der Waals surface area contributed by atoms with Crippen LogP contribution in [0.3, 0.4) is 0 Å². The summed E-state index contributed by atoms with van der Waals surface area (Å²) in [4.78, 5) is 21.1. The van der Waals surface area contributed by atoms with Crippen molar-refractivity contribution in [2.75, 3.05) is 6.54 Å². The Morgan fingerprint density at radius 2 is 1.92 bits per heavy atom. The van der Waals surface area contributed by atoms with Gasteiger partial charge in [0.25, 0.3) is 0 Å². The van der Waals surface area contributed by atoms with Gasteiger partial charge in [-0.25, -0.2) is 4.79 Å². The first kappa shape index (κ1) is 11.7. The van der Waals surface area contributed by atoms with Gasteiger partial charge in [-0.05, 0) is 20.8 Å². The number of amides is 2. The van der Waals surface area contributed by atoms with E-state index in [0.29, 0.717) is 0 Å². The number of hydrogen-bond donors (Lipinski definition) is 1. The Kier molecular flexibility index (Phi) is 4.23. The number of nitrogens with one attached hydrogen (secondary N) is 2. The van der Waals surface area contributed by atoms with Gasteiger partial charge in [0.05, 0.1) is 0 Å². The molecule has 0 heterocycles. The van der Waals surface area contributed by atoms with E-state index in [4.69, 9.17) is 10.5 Å². The van der Waals surface area contributed by atoms with Crippen molar-refractivity contribution in [1.29, 1.82) is 0 Å². The van der Waals surface area contributed by atoms with Crippen LogP contribution in [0.1, 0.15) is 27.2 Å². The average molecular weight is 187 g/mol. The van der Waals surface area contributed by atoms with Gasteiger partial charge in [-0.2, -0.15) is 0 Å². The Balaban J connectivity index is 3.59. The molecule has 0 aromatic heterocycles. The van der Waals surface area contributed by atoms with Crippen molar-refractivity contribution in [2.24, 2.45) is 0 Å². The molecule has 0 atom stereocenters. The SMILES string of the molecule is CC(C)(C)OC(=O)NCCC([NH])=O. The van der Waals surface area contributed by atoms with E-state index in [-0.39, 0.29) is 13.0 Å². The standard InChI is InChI=1S/C8H15N2O3/c1-8(2,3)13-7(12)10-5-4-6(9)11/h9H,4-5H2,1-3H3,(H,10,12). The Hall–Kier alpha value is -1.26. The molecule has 5 nitrogen and oxygen atoms in total. The summed E-state index contributed by atoms with van der Waals surface area (Å²) in [7, 11) is 0. The molecule has 0 saturated carbocycles. The maximum Gasteiger partial charge on any atom is 0.407 e. The normalized spacial score (nSPS) is 10.7. The summed E-state index contributed by atoms with van der Waals surface area (Å²) >= 11 is 0. The molecule has 2 N–H and O–H groups in total. The molecule has 0 aliphatic rings. The number of alkyl carbamates (subject to hydrolysis) is 1. The van der Waals surface area contributed by atoms with E-state index < -0.39 is 17.6 Å². The zero-order valence-electron chi connectivity index (χ0n) is 8.14. The van der Waals surface area contributed by atoms with Crippen LogP contribution in [0.2, 0.25) is 0 Å². The van der Waals surface area contributed by atoms with Crippen LogP contribution < -0.4 is 11.1 Å². The molecule has 0 bridgehead atoms. The van der Waals surface area contributed by atoms with E-state index in [0.717, 1.165) is 0 Å². The van der Waals surface area contributed by atoms with Crippen molar-refractivity contribution in [3.05, 3.63) is 0 Å². The van der Waals surface area contributed by atoms with Crippen LogP contribution in [-0.4, -0.2) is 24.1 Å². The van der Waals surface area contributed by atoms with E-state index in [1.165, 1.54) is 0 Å². The fourth-order valence-electron chi connectivity index (χ4n) is 0.592. The van der Waals surface area contributed by atoms with Crippen molar-refractivity contribution < 1.29 is 14.3 Å². The van der Waals surface area contributed by atoms with Crippen molar-refractivity contribution in [3.8, 4) is 0 Å². The largest absolute Gasteiger partial charge is 0.444 e. The van der Waals surface area contributed by atoms with Gasteiger partial charge in [0, 0.05) is 13.0 Å². The lowest BCUT2D eigenvalue weighted by Gasteiger charge is -2.19. The van der Waals surface area contributed by atoms with Crippen LogP contribution >= 0.6 is 0 Å². The molecule has 0 spiro atoms. The van der Waals surface area contributed by atoms with E-state index in [2.05, 4.69) is 5.32 Å². The summed E-state index contributed by atoms with van der Waals surface area (Å²) < 4.78 is 4.90. The molecule has 0 saturated heterocycles. The maximum atomic E-state index is 10.9. The third-order valence-electron chi connectivity index (χ3n) is 1.02. The molecule has 0 rings (SSSR count). The van der Waals surface area contributed by atoms with E-state index in [9.17, 15) is 9.59 Å². The second-order valence-electron chi connectivity index (χ2n) is 3.60. The predicted octanol–water partition coefficient (Wildman–Crippen LogP) is 0.711. The predicted molar refractivity (Wildman–Crippen MR) is 47.0 cm³/mol. The van der Waals surface area contributed by atoms with Gasteiger partial charge in [-0.15, -0.1) is 0 Å². The first-order chi connectivity index (χ1) is 5.81. The number of rotatable bonds is 3. The second kappa shape index (κ2) is 4.69. The highest BCUT2D eigenvalue weighted by atomic mass is 16.6. The first-order valence-corrected chi connectivity index (χ1v) is 4.02. The highest BCUT2D eigenvalue weighted by Gasteiger charge is 2.15. The minimum atomic E-state index is -0.698. The first-order valence-electron chi connectivity index (χ1n) is 4.02. The van der Waals surface area contributed by atoms with Crippen LogP contribution in [0.25, 0.3) is 0 Å². The molecule has 0 aromatic carbocycles. The monoisotopic (exact) mass is 187 g/mol. The molecule has 2 amide bonds. The van der Waals surface area contributed by atoms with Gasteiger partial charge in [0.1, 0.15) is 5.60 Å². The lowest BCUT2D eigenvalue weighted by atomic mass is 10.2. The smallest absolute Gasteiger partial charge is 0.407 e. The summed E-state index contributed by atoms with van der Waals surface area (Å²) in [5.74, 6) is -0.698. The summed E-state index contributed by atoms with van der Waals surface area (Å²) in [5.41, 5.74) is 6.04. The lowest BCUT2D eigenvalue weighted by molar-refractivity contribution is -0.118. The number of ether oxygens (including phenoxy) is 1. The Morgan fingerprint density at radius 1 is 1.38 bits per heavy atom. The zero-order valence-corrected chi connectivity index (χ0v) is 8.14. The molecular formula is C8H15N2O3. The maximum absolute atomic E-state index is 10.9. The van der Waals surface area contributed by atoms with Gasteiger partial charge < -0.3 is 10.1 Å². The summed E-state index contributed by atoms with van der Waals surface area (Å²) in [6.45, 7) is 5.41. The topological polar surface area (TPSA) is 79.2 Å². The van der Waals surface area contributed by atoms with E-state index in [1.807, 2.05) is 0 Å². The van der Waals surface area contributed by atoms with Crippen molar-refractivity contribution in [3.63, 3.8) is 0 Å². The van der Waals surface area contributed by atoms with Gasteiger partial charge >= 0.3 is 6.09 Å². The minimum absolute atomic E-state index is 0.0131. The fourth-order valence-corrected chi connectivity index (χ4v) is 0.592. The molecular weight excluding hydrogens is 172 g/mol. The zero-order chi connectivity index (χ0) is 10.5. The van der Waals surface area contributed by atoms with Crippen LogP contribution in [0.4, 0.5) is 4.79 Å². The third-order valence-corrected chi connectivity index (χ3v) is 1.02. The molecule has 0 aromatic rings. The Bertz CT molecular complexity index is 196. The highest BCUT2D eigenvalue weighted by molar-refractivity contribution is 5.74. The average Bonchev–Trinajstić information content (AvgIpc) is 1.81. The van der Waals surface area contributed by atoms with Crippen LogP contribution in [-0.2, 0) is 9.53 Å². The molecule has 75 valence electrons. The molecule has 0 aliphatic heterocycles. The number of carbonyl (C=O) groups is 2. The third kappa shape index (κ3) is 8.65. The molecule has 13 heavy (non-hydrogen) atoms. The summed E-state index contributed by atoms with van der Waals surface area (Å²) in [6.07, 6.45) is -0.548. The molecule has 0 aliphatic carbocycles. The van der Waals surface area contributed by atoms with Crippen LogP contribution in [0, 0.1) is 0 Å². The quantitative estimate of drug-likeness (QED) is 0.706. The van der Waals surface area contributed by atoms with Gasteiger partial charge in [-0.1, -0.05) is 0 Å². The van der Waals surface area contributed by atoms with Crippen molar-refractivity contribution in [1.82, 2.24) is 11.1 Å². The van der Waals surface area contributed by atoms with Crippen molar-refractivity contribution >= 4 is 12.0 Å². The van der Waals surface area contributed by atoms with Crippen LogP contribution in [0.5, 0.6) is 0 Å². The number of carbonyl (C=O) groups excluding carboxylic acids is 2. The molecule has 1 radical (unpaired) electrons. The van der Waals surface area contributed by atoms with Crippen LogP contribution in [0.15, 0.2) is 0 Å².